The zero-order chi connectivity index (χ0) is 22.3. The van der Waals surface area contributed by atoms with Gasteiger partial charge in [0.25, 0.3) is 0 Å². The summed E-state index contributed by atoms with van der Waals surface area (Å²) < 4.78 is 1.51. The van der Waals surface area contributed by atoms with Crippen molar-refractivity contribution in [3.8, 4) is 11.1 Å². The molecule has 0 unspecified atom stereocenters. The van der Waals surface area contributed by atoms with Gasteiger partial charge in [-0.1, -0.05) is 89.6 Å². The van der Waals surface area contributed by atoms with Gasteiger partial charge in [-0.25, -0.2) is 0 Å². The van der Waals surface area contributed by atoms with Crippen LogP contribution in [0.3, 0.4) is 0 Å². The monoisotopic (exact) mass is 543 g/mol. The molecule has 2 aromatic rings. The first-order valence-electron chi connectivity index (χ1n) is 11.0. The molecular weight excluding hydrogens is 510 g/mol. The van der Waals surface area contributed by atoms with E-state index in [1.165, 1.54) is 42.2 Å². The van der Waals surface area contributed by atoms with E-state index in [-0.39, 0.29) is 35.6 Å². The molecule has 0 radical (unpaired) electrons. The largest absolute Gasteiger partial charge is 1.00 e. The Morgan fingerprint density at radius 3 is 1.94 bits per heavy atom. The number of hydrogen-bond donors (Lipinski definition) is 0. The van der Waals surface area contributed by atoms with Crippen molar-refractivity contribution >= 4 is 3.21 Å². The molecule has 0 atom stereocenters. The molecule has 0 spiro atoms. The van der Waals surface area contributed by atoms with Gasteiger partial charge in [-0.3, -0.25) is 0 Å². The first kappa shape index (κ1) is 29.3. The molecule has 170 valence electrons. The van der Waals surface area contributed by atoms with Crippen LogP contribution in [-0.2, 0) is 41.5 Å². The van der Waals surface area contributed by atoms with E-state index in [2.05, 4.69) is 110 Å². The minimum atomic E-state index is 0. The van der Waals surface area contributed by atoms with Crippen molar-refractivity contribution in [1.82, 2.24) is 0 Å². The van der Waals surface area contributed by atoms with Crippen molar-refractivity contribution in [1.29, 1.82) is 0 Å². The first-order valence-corrected chi connectivity index (χ1v) is 12.2. The van der Waals surface area contributed by atoms with Gasteiger partial charge in [0.1, 0.15) is 0 Å². The summed E-state index contributed by atoms with van der Waals surface area (Å²) in [5.74, 6) is 0.378. The molecule has 4 rings (SSSR count). The van der Waals surface area contributed by atoms with Gasteiger partial charge >= 0.3 is 41.3 Å². The third-order valence-electron chi connectivity index (χ3n) is 5.68. The van der Waals surface area contributed by atoms with Crippen molar-refractivity contribution in [3.63, 3.8) is 0 Å². The summed E-state index contributed by atoms with van der Waals surface area (Å²) in [5, 5.41) is 0. The number of benzene rings is 2. The predicted octanol–water partition coefficient (Wildman–Crippen LogP) is 1.62. The Hall–Kier alpha value is -0.747. The second-order valence-electron chi connectivity index (χ2n) is 10.8. The molecule has 0 saturated carbocycles. The minimum Gasteiger partial charge on any atom is -1.00 e. The second kappa shape index (κ2) is 11.1. The third kappa shape index (κ3) is 6.65. The van der Waals surface area contributed by atoms with Crippen LogP contribution in [0, 0.1) is 6.07 Å². The van der Waals surface area contributed by atoms with Gasteiger partial charge < -0.3 is 24.8 Å². The summed E-state index contributed by atoms with van der Waals surface area (Å²) in [6.45, 7) is 18.0. The van der Waals surface area contributed by atoms with Crippen LogP contribution in [0.15, 0.2) is 48.6 Å². The molecule has 0 N–H and O–H groups in total. The first-order chi connectivity index (χ1) is 13.9. The normalized spacial score (nSPS) is 14.1. The predicted molar refractivity (Wildman–Crippen MR) is 128 cm³/mol. The second-order valence-corrected chi connectivity index (χ2v) is 13.3. The van der Waals surface area contributed by atoms with Crippen molar-refractivity contribution in [2.24, 2.45) is 0 Å². The van der Waals surface area contributed by atoms with Crippen LogP contribution in [0.1, 0.15) is 89.1 Å². The number of allylic oxidation sites excluding steroid dienone is 4. The van der Waals surface area contributed by atoms with Gasteiger partial charge in [0.15, 0.2) is 0 Å². The number of halogens is 2. The smallest absolute Gasteiger partial charge is 1.00 e. The van der Waals surface area contributed by atoms with Crippen LogP contribution in [0.2, 0.25) is 0 Å². The van der Waals surface area contributed by atoms with E-state index >= 15 is 0 Å². The number of rotatable bonds is 1. The molecule has 0 bridgehead atoms. The van der Waals surface area contributed by atoms with E-state index < -0.39 is 0 Å². The maximum Gasteiger partial charge on any atom is -1.00 e. The number of hydrogen-bond acceptors (Lipinski definition) is 0. The Bertz CT molecular complexity index is 1010. The van der Waals surface area contributed by atoms with Crippen LogP contribution >= 0.6 is 0 Å². The summed E-state index contributed by atoms with van der Waals surface area (Å²) in [7, 11) is 0. The van der Waals surface area contributed by atoms with E-state index in [4.69, 9.17) is 0 Å². The Morgan fingerprint density at radius 2 is 1.44 bits per heavy atom. The molecule has 0 fully saturated rings. The van der Waals surface area contributed by atoms with Gasteiger partial charge in [-0.15, -0.1) is 16.7 Å². The summed E-state index contributed by atoms with van der Waals surface area (Å²) in [6.07, 6.45) is 9.92. The van der Waals surface area contributed by atoms with E-state index in [9.17, 15) is 0 Å². The van der Waals surface area contributed by atoms with Crippen LogP contribution in [-0.4, -0.2) is 3.21 Å². The summed E-state index contributed by atoms with van der Waals surface area (Å²) >= 11 is 1.55. The fraction of sp³-hybridized carbons (Fsp3) is 0.414. The van der Waals surface area contributed by atoms with Crippen molar-refractivity contribution in [2.45, 2.75) is 78.6 Å². The zero-order valence-electron chi connectivity index (χ0n) is 20.7. The molecule has 3 heteroatoms. The SMILES string of the molecule is CC(C)(C)c1ccc2c(c1)Cc1[c-]c(C(C)(C)C)c(C3C=CC=C3)cc1-2.C[C](C)=[Zr+2].[Cl-].[Cl-]. The van der Waals surface area contributed by atoms with Crippen molar-refractivity contribution < 1.29 is 49.0 Å². The molecule has 2 aromatic carbocycles. The van der Waals surface area contributed by atoms with E-state index in [1.807, 2.05) is 0 Å². The van der Waals surface area contributed by atoms with Crippen molar-refractivity contribution in [2.75, 3.05) is 0 Å². The molecule has 0 aliphatic heterocycles. The average Bonchev–Trinajstić information content (AvgIpc) is 3.25. The third-order valence-corrected chi connectivity index (χ3v) is 5.68. The molecule has 2 aliphatic rings. The Morgan fingerprint density at radius 1 is 0.875 bits per heavy atom. The maximum atomic E-state index is 3.85. The molecule has 0 aromatic heterocycles. The Labute approximate surface area is 223 Å². The van der Waals surface area contributed by atoms with Gasteiger partial charge in [0.2, 0.25) is 0 Å². The maximum absolute atomic E-state index is 3.85. The van der Waals surface area contributed by atoms with Gasteiger partial charge in [0, 0.05) is 0 Å². The summed E-state index contributed by atoms with van der Waals surface area (Å²) in [6, 6.07) is 13.3. The summed E-state index contributed by atoms with van der Waals surface area (Å²) in [5.41, 5.74) is 10.1. The van der Waals surface area contributed by atoms with Crippen LogP contribution in [0.4, 0.5) is 0 Å². The quantitative estimate of drug-likeness (QED) is 0.408. The standard InChI is InChI=1S/C26H29.C3H6.2ClH.Zr/c1-25(2,3)20-11-12-21-18(14-20)13-19-15-24(26(4,5)6)23(16-22(19)21)17-9-7-8-10-17;1-3-2;;;/h7-12,14,16-17H,13H2,1-6H3;1-2H3;2*1H;/q-1;;;;+2/p-2. The van der Waals surface area contributed by atoms with E-state index in [1.54, 1.807) is 24.2 Å². The van der Waals surface area contributed by atoms with Gasteiger partial charge in [-0.05, 0) is 34.3 Å². The van der Waals surface area contributed by atoms with E-state index in [0.29, 0.717) is 5.92 Å². The van der Waals surface area contributed by atoms with Crippen LogP contribution in [0.5, 0.6) is 0 Å². The fourth-order valence-electron chi connectivity index (χ4n) is 4.17. The molecule has 0 amide bonds. The van der Waals surface area contributed by atoms with Crippen LogP contribution in [0.25, 0.3) is 11.1 Å². The van der Waals surface area contributed by atoms with Gasteiger partial charge in [-0.2, -0.15) is 17.7 Å². The Balaban J connectivity index is 0.000000790. The minimum absolute atomic E-state index is 0. The molecule has 0 saturated heterocycles. The molecular formula is C29H35Cl2Zr-. The van der Waals surface area contributed by atoms with Gasteiger partial charge in [0.05, 0.1) is 0 Å². The molecule has 2 aliphatic carbocycles. The fourth-order valence-corrected chi connectivity index (χ4v) is 4.17. The zero-order valence-corrected chi connectivity index (χ0v) is 24.6. The number of fused-ring (bicyclic) bond motifs is 3. The van der Waals surface area contributed by atoms with Crippen LogP contribution < -0.4 is 24.8 Å². The molecule has 32 heavy (non-hydrogen) atoms. The Kier molecular flexibility index (Phi) is 10.2. The summed E-state index contributed by atoms with van der Waals surface area (Å²) in [4.78, 5) is 0. The van der Waals surface area contributed by atoms with E-state index in [0.717, 1.165) is 6.42 Å². The average molecular weight is 546 g/mol. The molecule has 0 heterocycles. The molecule has 0 nitrogen and oxygen atoms in total. The topological polar surface area (TPSA) is 0 Å². The van der Waals surface area contributed by atoms with Crippen molar-refractivity contribution in [3.05, 3.63) is 82.5 Å².